The van der Waals surface area contributed by atoms with Crippen LogP contribution in [0.3, 0.4) is 0 Å². The Labute approximate surface area is 104 Å². The van der Waals surface area contributed by atoms with Crippen LogP contribution in [-0.2, 0) is 6.42 Å². The highest BCUT2D eigenvalue weighted by Crippen LogP contribution is 2.28. The zero-order valence-electron chi connectivity index (χ0n) is 9.56. The molecule has 0 fully saturated rings. The quantitative estimate of drug-likeness (QED) is 0.840. The maximum Gasteiger partial charge on any atom is 0.153 e. The first kappa shape index (κ1) is 11.9. The van der Waals surface area contributed by atoms with Crippen molar-refractivity contribution in [3.63, 3.8) is 0 Å². The first-order chi connectivity index (χ1) is 8.69. The van der Waals surface area contributed by atoms with Gasteiger partial charge in [0.05, 0.1) is 18.2 Å². The monoisotopic (exact) mass is 242 g/mol. The first-order valence-electron chi connectivity index (χ1n) is 5.38. The van der Waals surface area contributed by atoms with Gasteiger partial charge in [-0.25, -0.2) is 4.39 Å². The minimum Gasteiger partial charge on any atom is -0.455 e. The predicted octanol–water partition coefficient (Wildman–Crippen LogP) is 3.27. The summed E-state index contributed by atoms with van der Waals surface area (Å²) in [6, 6.07) is 13.0. The van der Waals surface area contributed by atoms with E-state index >= 15 is 0 Å². The van der Waals surface area contributed by atoms with Crippen molar-refractivity contribution in [1.29, 1.82) is 5.26 Å². The Bertz CT molecular complexity index is 588. The summed E-state index contributed by atoms with van der Waals surface area (Å²) in [6.45, 7) is 0. The number of nitrogen functional groups attached to an aromatic ring is 1. The van der Waals surface area contributed by atoms with Crippen molar-refractivity contribution in [2.45, 2.75) is 6.42 Å². The smallest absolute Gasteiger partial charge is 0.153 e. The number of nitrogens with two attached hydrogens (primary N) is 1. The van der Waals surface area contributed by atoms with Gasteiger partial charge in [-0.2, -0.15) is 5.26 Å². The molecule has 0 bridgehead atoms. The lowest BCUT2D eigenvalue weighted by atomic mass is 10.2. The van der Waals surface area contributed by atoms with Crippen LogP contribution < -0.4 is 10.5 Å². The van der Waals surface area contributed by atoms with Gasteiger partial charge in [0.2, 0.25) is 0 Å². The number of anilines is 1. The molecular weight excluding hydrogens is 231 g/mol. The molecule has 90 valence electrons. The van der Waals surface area contributed by atoms with Crippen LogP contribution in [0.5, 0.6) is 11.5 Å². The summed E-state index contributed by atoms with van der Waals surface area (Å²) < 4.78 is 18.5. The van der Waals surface area contributed by atoms with E-state index in [0.29, 0.717) is 17.9 Å². The molecule has 18 heavy (non-hydrogen) atoms. The van der Waals surface area contributed by atoms with Crippen molar-refractivity contribution in [1.82, 2.24) is 0 Å². The third kappa shape index (κ3) is 2.77. The van der Waals surface area contributed by atoms with E-state index in [-0.39, 0.29) is 5.75 Å². The van der Waals surface area contributed by atoms with Gasteiger partial charge in [0.15, 0.2) is 5.75 Å². The Morgan fingerprint density at radius 1 is 1.17 bits per heavy atom. The van der Waals surface area contributed by atoms with Crippen molar-refractivity contribution in [3.8, 4) is 17.6 Å². The molecule has 0 radical (unpaired) electrons. The van der Waals surface area contributed by atoms with Crippen LogP contribution in [0.25, 0.3) is 0 Å². The molecule has 0 saturated carbocycles. The van der Waals surface area contributed by atoms with Crippen molar-refractivity contribution in [3.05, 3.63) is 53.8 Å². The van der Waals surface area contributed by atoms with Crippen LogP contribution in [0, 0.1) is 17.1 Å². The minimum atomic E-state index is -0.402. The molecule has 2 N–H and O–H groups in total. The molecule has 0 amide bonds. The highest BCUT2D eigenvalue weighted by atomic mass is 19.1. The molecule has 0 saturated heterocycles. The second-order valence-electron chi connectivity index (χ2n) is 3.76. The summed E-state index contributed by atoms with van der Waals surface area (Å²) in [4.78, 5) is 0. The van der Waals surface area contributed by atoms with Gasteiger partial charge in [-0.3, -0.25) is 0 Å². The van der Waals surface area contributed by atoms with Crippen LogP contribution in [-0.4, -0.2) is 0 Å². The maximum absolute atomic E-state index is 13.0. The van der Waals surface area contributed by atoms with Crippen molar-refractivity contribution >= 4 is 5.69 Å². The van der Waals surface area contributed by atoms with Gasteiger partial charge in [0, 0.05) is 6.07 Å². The number of benzene rings is 2. The zero-order chi connectivity index (χ0) is 13.0. The average molecular weight is 242 g/mol. The standard InChI is InChI=1S/C14H11FN2O/c15-11-3-6-13(17)14(9-11)18-12-4-1-10(2-5-12)7-8-16/h1-6,9H,7,17H2. The van der Waals surface area contributed by atoms with E-state index in [1.807, 2.05) is 0 Å². The topological polar surface area (TPSA) is 59.0 Å². The third-order valence-electron chi connectivity index (χ3n) is 2.41. The van der Waals surface area contributed by atoms with E-state index in [9.17, 15) is 4.39 Å². The molecule has 4 heteroatoms. The normalized spacial score (nSPS) is 9.78. The molecule has 2 aromatic carbocycles. The van der Waals surface area contributed by atoms with E-state index in [1.165, 1.54) is 18.2 Å². The summed E-state index contributed by atoms with van der Waals surface area (Å²) in [7, 11) is 0. The lowest BCUT2D eigenvalue weighted by Gasteiger charge is -2.08. The third-order valence-corrected chi connectivity index (χ3v) is 2.41. The van der Waals surface area contributed by atoms with E-state index < -0.39 is 5.82 Å². The lowest BCUT2D eigenvalue weighted by Crippen LogP contribution is -1.93. The number of nitrogens with zero attached hydrogens (tertiary/aromatic N) is 1. The van der Waals surface area contributed by atoms with E-state index in [4.69, 9.17) is 15.7 Å². The molecule has 0 spiro atoms. The molecule has 2 aromatic rings. The molecule has 0 heterocycles. The molecule has 2 rings (SSSR count). The van der Waals surface area contributed by atoms with Gasteiger partial charge < -0.3 is 10.5 Å². The average Bonchev–Trinajstić information content (AvgIpc) is 2.37. The van der Waals surface area contributed by atoms with Crippen molar-refractivity contribution in [2.24, 2.45) is 0 Å². The summed E-state index contributed by atoms with van der Waals surface area (Å²) in [6.07, 6.45) is 0.350. The minimum absolute atomic E-state index is 0.281. The summed E-state index contributed by atoms with van der Waals surface area (Å²) in [5.41, 5.74) is 6.95. The fourth-order valence-corrected chi connectivity index (χ4v) is 1.49. The summed E-state index contributed by atoms with van der Waals surface area (Å²) >= 11 is 0. The van der Waals surface area contributed by atoms with E-state index in [0.717, 1.165) is 5.56 Å². The van der Waals surface area contributed by atoms with Crippen LogP contribution in [0.15, 0.2) is 42.5 Å². The molecule has 0 aliphatic carbocycles. The Hall–Kier alpha value is -2.54. The number of nitriles is 1. The summed E-state index contributed by atoms with van der Waals surface area (Å²) in [5, 5.41) is 8.55. The molecule has 0 aliphatic heterocycles. The summed E-state index contributed by atoms with van der Waals surface area (Å²) in [5.74, 6) is 0.428. The van der Waals surface area contributed by atoms with E-state index in [1.54, 1.807) is 24.3 Å². The predicted molar refractivity (Wildman–Crippen MR) is 66.6 cm³/mol. The fraction of sp³-hybridized carbons (Fsp3) is 0.0714. The number of ether oxygens (including phenoxy) is 1. The Kier molecular flexibility index (Phi) is 3.44. The van der Waals surface area contributed by atoms with Gasteiger partial charge in [0.25, 0.3) is 0 Å². The SMILES string of the molecule is N#CCc1ccc(Oc2cc(F)ccc2N)cc1. The highest BCUT2D eigenvalue weighted by Gasteiger charge is 2.04. The highest BCUT2D eigenvalue weighted by molar-refractivity contribution is 5.53. The van der Waals surface area contributed by atoms with Crippen LogP contribution >= 0.6 is 0 Å². The number of halogens is 1. The molecule has 0 unspecified atom stereocenters. The fourth-order valence-electron chi connectivity index (χ4n) is 1.49. The number of rotatable bonds is 3. The second-order valence-corrected chi connectivity index (χ2v) is 3.76. The molecule has 0 atom stereocenters. The van der Waals surface area contributed by atoms with Crippen LogP contribution in [0.2, 0.25) is 0 Å². The Morgan fingerprint density at radius 2 is 1.89 bits per heavy atom. The van der Waals surface area contributed by atoms with Gasteiger partial charge in [-0.05, 0) is 29.8 Å². The zero-order valence-corrected chi connectivity index (χ0v) is 9.56. The van der Waals surface area contributed by atoms with Crippen molar-refractivity contribution in [2.75, 3.05) is 5.73 Å². The molecule has 3 nitrogen and oxygen atoms in total. The number of hydrogen-bond donors (Lipinski definition) is 1. The lowest BCUT2D eigenvalue weighted by molar-refractivity contribution is 0.479. The van der Waals surface area contributed by atoms with Gasteiger partial charge in [0.1, 0.15) is 11.6 Å². The molecule has 0 aromatic heterocycles. The van der Waals surface area contributed by atoms with E-state index in [2.05, 4.69) is 6.07 Å². The maximum atomic E-state index is 13.0. The number of hydrogen-bond acceptors (Lipinski definition) is 3. The Morgan fingerprint density at radius 3 is 2.56 bits per heavy atom. The van der Waals surface area contributed by atoms with Gasteiger partial charge >= 0.3 is 0 Å². The van der Waals surface area contributed by atoms with Crippen LogP contribution in [0.1, 0.15) is 5.56 Å². The molecular formula is C14H11FN2O. The van der Waals surface area contributed by atoms with Crippen molar-refractivity contribution < 1.29 is 9.13 Å². The largest absolute Gasteiger partial charge is 0.455 e. The Balaban J connectivity index is 2.18. The van der Waals surface area contributed by atoms with Gasteiger partial charge in [-0.1, -0.05) is 12.1 Å². The molecule has 0 aliphatic rings. The first-order valence-corrected chi connectivity index (χ1v) is 5.38. The second kappa shape index (κ2) is 5.19. The van der Waals surface area contributed by atoms with Crippen LogP contribution in [0.4, 0.5) is 10.1 Å². The van der Waals surface area contributed by atoms with Gasteiger partial charge in [-0.15, -0.1) is 0 Å².